The summed E-state index contributed by atoms with van der Waals surface area (Å²) in [5, 5.41) is 3.73. The lowest BCUT2D eigenvalue weighted by molar-refractivity contribution is 0.624. The number of hydrogen-bond donors (Lipinski definition) is 2. The molecule has 4 N–H and O–H groups in total. The van der Waals surface area contributed by atoms with Crippen LogP contribution >= 0.6 is 0 Å². The molecule has 1 aromatic heterocycles. The van der Waals surface area contributed by atoms with E-state index in [2.05, 4.69) is 5.10 Å². The van der Waals surface area contributed by atoms with Gasteiger partial charge in [0.1, 0.15) is 11.1 Å². The van der Waals surface area contributed by atoms with Crippen molar-refractivity contribution >= 4 is 23.1 Å². The Kier molecular flexibility index (Phi) is 2.13. The number of nitrogens with zero attached hydrogens (tertiary/aromatic N) is 1. The summed E-state index contributed by atoms with van der Waals surface area (Å²) in [6, 6.07) is 6.85. The van der Waals surface area contributed by atoms with Gasteiger partial charge in [0, 0.05) is 0 Å². The van der Waals surface area contributed by atoms with Gasteiger partial charge in [-0.1, -0.05) is 12.1 Å². The van der Waals surface area contributed by atoms with Crippen molar-refractivity contribution in [3.8, 4) is 0 Å². The third-order valence-corrected chi connectivity index (χ3v) is 2.07. The second kappa shape index (κ2) is 3.45. The molecule has 1 aromatic carbocycles. The highest BCUT2D eigenvalue weighted by atomic mass is 16.3. The molecular formula is C10H9N3O2. The molecule has 0 radical (unpaired) electrons. The molecule has 2 aromatic rings. The maximum Gasteiger partial charge on any atom is 0.203 e. The molecule has 5 nitrogen and oxygen atoms in total. The average Bonchev–Trinajstić information content (AvgIpc) is 2.24. The summed E-state index contributed by atoms with van der Waals surface area (Å²) in [4.78, 5) is 11.9. The molecule has 0 fully saturated rings. The van der Waals surface area contributed by atoms with Crippen molar-refractivity contribution in [3.63, 3.8) is 0 Å². The van der Waals surface area contributed by atoms with Crippen LogP contribution in [-0.4, -0.2) is 6.21 Å². The van der Waals surface area contributed by atoms with E-state index in [1.807, 2.05) is 0 Å². The molecule has 0 saturated heterocycles. The fourth-order valence-corrected chi connectivity index (χ4v) is 1.37. The first-order chi connectivity index (χ1) is 7.24. The molecular weight excluding hydrogens is 194 g/mol. The van der Waals surface area contributed by atoms with Crippen molar-refractivity contribution in [2.75, 3.05) is 5.73 Å². The van der Waals surface area contributed by atoms with Crippen molar-refractivity contribution in [2.24, 2.45) is 10.9 Å². The molecule has 15 heavy (non-hydrogen) atoms. The Morgan fingerprint density at radius 3 is 2.80 bits per heavy atom. The van der Waals surface area contributed by atoms with E-state index in [1.165, 1.54) is 6.21 Å². The van der Waals surface area contributed by atoms with Gasteiger partial charge < -0.3 is 16.0 Å². The standard InChI is InChI=1S/C10H9N3O2/c11-10-7(5-13-12)9(14)6-3-1-2-4-8(6)15-10/h1-5H,11-12H2/b13-5+. The van der Waals surface area contributed by atoms with Crippen LogP contribution in [0.25, 0.3) is 11.0 Å². The fraction of sp³-hybridized carbons (Fsp3) is 0. The molecule has 2 rings (SSSR count). The van der Waals surface area contributed by atoms with E-state index in [0.29, 0.717) is 11.0 Å². The van der Waals surface area contributed by atoms with E-state index in [9.17, 15) is 4.79 Å². The van der Waals surface area contributed by atoms with Crippen LogP contribution in [0.1, 0.15) is 5.56 Å². The molecule has 0 spiro atoms. The van der Waals surface area contributed by atoms with Crippen LogP contribution in [0.3, 0.4) is 0 Å². The second-order valence-corrected chi connectivity index (χ2v) is 2.98. The highest BCUT2D eigenvalue weighted by Crippen LogP contribution is 2.15. The summed E-state index contributed by atoms with van der Waals surface area (Å²) in [7, 11) is 0. The number of fused-ring (bicyclic) bond motifs is 1. The van der Waals surface area contributed by atoms with E-state index in [0.717, 1.165) is 0 Å². The molecule has 0 amide bonds. The van der Waals surface area contributed by atoms with Crippen molar-refractivity contribution in [1.82, 2.24) is 0 Å². The SMILES string of the molecule is N/N=C/c1c(N)oc2ccccc2c1=O. The number of nitrogens with two attached hydrogens (primary N) is 2. The number of hydrazone groups is 1. The lowest BCUT2D eigenvalue weighted by Gasteiger charge is -2.01. The van der Waals surface area contributed by atoms with E-state index in [4.69, 9.17) is 16.0 Å². The van der Waals surface area contributed by atoms with Crippen LogP contribution in [0.4, 0.5) is 5.88 Å². The summed E-state index contributed by atoms with van der Waals surface area (Å²) >= 11 is 0. The van der Waals surface area contributed by atoms with Gasteiger partial charge in [-0.3, -0.25) is 4.79 Å². The van der Waals surface area contributed by atoms with Gasteiger partial charge in [0.05, 0.1) is 11.6 Å². The van der Waals surface area contributed by atoms with E-state index in [-0.39, 0.29) is 16.9 Å². The predicted octanol–water partition coefficient (Wildman–Crippen LogP) is 0.668. The summed E-state index contributed by atoms with van der Waals surface area (Å²) < 4.78 is 5.26. The first kappa shape index (κ1) is 9.26. The quantitative estimate of drug-likeness (QED) is 0.404. The van der Waals surface area contributed by atoms with Gasteiger partial charge in [0.25, 0.3) is 0 Å². The zero-order valence-electron chi connectivity index (χ0n) is 7.81. The summed E-state index contributed by atoms with van der Waals surface area (Å²) in [6.45, 7) is 0. The van der Waals surface area contributed by atoms with Crippen LogP contribution in [-0.2, 0) is 0 Å². The maximum atomic E-state index is 11.9. The fourth-order valence-electron chi connectivity index (χ4n) is 1.37. The summed E-state index contributed by atoms with van der Waals surface area (Å²) in [5.41, 5.74) is 5.96. The largest absolute Gasteiger partial charge is 0.440 e. The van der Waals surface area contributed by atoms with Gasteiger partial charge in [-0.2, -0.15) is 5.10 Å². The number of para-hydroxylation sites is 1. The first-order valence-electron chi connectivity index (χ1n) is 4.28. The van der Waals surface area contributed by atoms with Gasteiger partial charge in [-0.05, 0) is 12.1 Å². The number of rotatable bonds is 1. The second-order valence-electron chi connectivity index (χ2n) is 2.98. The molecule has 0 aliphatic heterocycles. The number of hydrogen-bond acceptors (Lipinski definition) is 5. The Bertz CT molecular complexity index is 587. The lowest BCUT2D eigenvalue weighted by Crippen LogP contribution is -2.12. The van der Waals surface area contributed by atoms with Crippen LogP contribution in [0.2, 0.25) is 0 Å². The summed E-state index contributed by atoms with van der Waals surface area (Å²) in [6.07, 6.45) is 1.19. The first-order valence-corrected chi connectivity index (χ1v) is 4.28. The van der Waals surface area contributed by atoms with Gasteiger partial charge in [-0.25, -0.2) is 0 Å². The minimum Gasteiger partial charge on any atom is -0.440 e. The smallest absolute Gasteiger partial charge is 0.203 e. The molecule has 1 heterocycles. The minimum absolute atomic E-state index is 0.0212. The zero-order valence-corrected chi connectivity index (χ0v) is 7.81. The Hall–Kier alpha value is -2.30. The van der Waals surface area contributed by atoms with Gasteiger partial charge in [-0.15, -0.1) is 0 Å². The third-order valence-electron chi connectivity index (χ3n) is 2.07. The van der Waals surface area contributed by atoms with Crippen LogP contribution < -0.4 is 17.0 Å². The Morgan fingerprint density at radius 1 is 1.33 bits per heavy atom. The Balaban J connectivity index is 2.90. The maximum absolute atomic E-state index is 11.9. The van der Waals surface area contributed by atoms with Crippen LogP contribution in [0.5, 0.6) is 0 Å². The van der Waals surface area contributed by atoms with Crippen molar-refractivity contribution < 1.29 is 4.42 Å². The molecule has 0 aliphatic rings. The molecule has 5 heteroatoms. The normalized spacial score (nSPS) is 11.2. The average molecular weight is 203 g/mol. The molecule has 0 unspecified atom stereocenters. The zero-order chi connectivity index (χ0) is 10.8. The van der Waals surface area contributed by atoms with Gasteiger partial charge >= 0.3 is 0 Å². The number of benzene rings is 1. The van der Waals surface area contributed by atoms with Crippen LogP contribution in [0, 0.1) is 0 Å². The Morgan fingerprint density at radius 2 is 2.07 bits per heavy atom. The molecule has 0 saturated carbocycles. The highest BCUT2D eigenvalue weighted by Gasteiger charge is 2.09. The molecule has 76 valence electrons. The minimum atomic E-state index is -0.233. The molecule has 0 aliphatic carbocycles. The molecule has 0 atom stereocenters. The number of nitrogen functional groups attached to an aromatic ring is 1. The van der Waals surface area contributed by atoms with Gasteiger partial charge in [0.2, 0.25) is 11.3 Å². The predicted molar refractivity (Wildman–Crippen MR) is 58.7 cm³/mol. The van der Waals surface area contributed by atoms with Crippen molar-refractivity contribution in [3.05, 3.63) is 40.1 Å². The van der Waals surface area contributed by atoms with Crippen molar-refractivity contribution in [1.29, 1.82) is 0 Å². The Labute approximate surface area is 85.0 Å². The lowest BCUT2D eigenvalue weighted by atomic mass is 10.2. The van der Waals surface area contributed by atoms with Crippen LogP contribution in [0.15, 0.2) is 38.6 Å². The highest BCUT2D eigenvalue weighted by molar-refractivity contribution is 5.90. The summed E-state index contributed by atoms with van der Waals surface area (Å²) in [5.74, 6) is 5.00. The van der Waals surface area contributed by atoms with E-state index >= 15 is 0 Å². The van der Waals surface area contributed by atoms with E-state index in [1.54, 1.807) is 24.3 Å². The monoisotopic (exact) mass is 203 g/mol. The topological polar surface area (TPSA) is 94.6 Å². The molecule has 0 bridgehead atoms. The van der Waals surface area contributed by atoms with Gasteiger partial charge in [0.15, 0.2) is 0 Å². The third kappa shape index (κ3) is 1.43. The number of anilines is 1. The van der Waals surface area contributed by atoms with Crippen molar-refractivity contribution in [2.45, 2.75) is 0 Å². The van der Waals surface area contributed by atoms with E-state index < -0.39 is 0 Å².